The van der Waals surface area contributed by atoms with Gasteiger partial charge in [-0.3, -0.25) is 0 Å². The van der Waals surface area contributed by atoms with Gasteiger partial charge in [0, 0.05) is 24.0 Å². The highest BCUT2D eigenvalue weighted by Gasteiger charge is 2.23. The number of aromatic nitrogens is 2. The van der Waals surface area contributed by atoms with Gasteiger partial charge in [0.1, 0.15) is 10.6 Å². The minimum atomic E-state index is 0.342. The third-order valence-electron chi connectivity index (χ3n) is 5.02. The van der Waals surface area contributed by atoms with Gasteiger partial charge in [-0.2, -0.15) is 4.98 Å². The van der Waals surface area contributed by atoms with Crippen molar-refractivity contribution in [2.45, 2.75) is 33.6 Å². The van der Waals surface area contributed by atoms with Crippen molar-refractivity contribution >= 4 is 39.0 Å². The fourth-order valence-corrected chi connectivity index (χ4v) is 4.97. The lowest BCUT2D eigenvalue weighted by Gasteiger charge is -2.32. The zero-order valence-electron chi connectivity index (χ0n) is 14.8. The monoisotopic (exact) mass is 371 g/mol. The van der Waals surface area contributed by atoms with Crippen LogP contribution in [0.4, 0.5) is 5.82 Å². The molecule has 1 saturated heterocycles. The molecule has 3 nitrogen and oxygen atoms in total. The van der Waals surface area contributed by atoms with Crippen LogP contribution < -0.4 is 4.90 Å². The van der Waals surface area contributed by atoms with Crippen molar-refractivity contribution in [2.24, 2.45) is 5.92 Å². The van der Waals surface area contributed by atoms with E-state index >= 15 is 0 Å². The number of fused-ring (bicyclic) bond motifs is 1. The number of hydrogen-bond donors (Lipinski definition) is 0. The van der Waals surface area contributed by atoms with E-state index in [1.54, 1.807) is 11.3 Å². The molecular formula is C20H22ClN3S. The first kappa shape index (κ1) is 16.8. The van der Waals surface area contributed by atoms with Crippen LogP contribution in [0.5, 0.6) is 0 Å². The average Bonchev–Trinajstić information content (AvgIpc) is 2.97. The summed E-state index contributed by atoms with van der Waals surface area (Å²) in [6.07, 6.45) is 2.49. The first-order chi connectivity index (χ1) is 12.0. The Balaban J connectivity index is 1.92. The summed E-state index contributed by atoms with van der Waals surface area (Å²) in [5.74, 6) is 1.68. The van der Waals surface area contributed by atoms with Gasteiger partial charge >= 0.3 is 0 Å². The molecule has 1 aromatic carbocycles. The number of aryl methyl sites for hydroxylation is 2. The standard InChI is InChI=1S/C20H22ClN3S/c1-12-6-7-15(14(3)9-12)16-11-25-19-17(16)18(22-20(21)23-19)24-8-4-5-13(2)10-24/h6-7,9,11,13H,4-5,8,10H2,1-3H3. The second-order valence-corrected chi connectivity index (χ2v) is 8.35. The molecule has 4 rings (SSSR count). The Hall–Kier alpha value is -1.65. The Labute approximate surface area is 157 Å². The van der Waals surface area contributed by atoms with Crippen molar-refractivity contribution in [1.29, 1.82) is 0 Å². The van der Waals surface area contributed by atoms with Crippen LogP contribution in [0.15, 0.2) is 23.6 Å². The van der Waals surface area contributed by atoms with Crippen LogP contribution in [-0.4, -0.2) is 23.1 Å². The van der Waals surface area contributed by atoms with E-state index in [2.05, 4.69) is 59.2 Å². The van der Waals surface area contributed by atoms with Gasteiger partial charge in [0.15, 0.2) is 0 Å². The number of nitrogens with zero attached hydrogens (tertiary/aromatic N) is 3. The van der Waals surface area contributed by atoms with Gasteiger partial charge in [0.25, 0.3) is 0 Å². The lowest BCUT2D eigenvalue weighted by molar-refractivity contribution is 0.445. The average molecular weight is 372 g/mol. The van der Waals surface area contributed by atoms with Crippen molar-refractivity contribution in [3.05, 3.63) is 40.0 Å². The maximum Gasteiger partial charge on any atom is 0.225 e. The van der Waals surface area contributed by atoms with E-state index < -0.39 is 0 Å². The van der Waals surface area contributed by atoms with E-state index in [9.17, 15) is 0 Å². The number of anilines is 1. The topological polar surface area (TPSA) is 29.0 Å². The van der Waals surface area contributed by atoms with E-state index in [1.807, 2.05) is 0 Å². The summed E-state index contributed by atoms with van der Waals surface area (Å²) in [7, 11) is 0. The summed E-state index contributed by atoms with van der Waals surface area (Å²) in [6.45, 7) is 8.68. The first-order valence-electron chi connectivity index (χ1n) is 8.80. The number of piperidine rings is 1. The molecule has 25 heavy (non-hydrogen) atoms. The van der Waals surface area contributed by atoms with Crippen molar-refractivity contribution in [3.8, 4) is 11.1 Å². The van der Waals surface area contributed by atoms with Gasteiger partial charge in [-0.05, 0) is 55.3 Å². The smallest absolute Gasteiger partial charge is 0.225 e. The van der Waals surface area contributed by atoms with Gasteiger partial charge < -0.3 is 4.90 Å². The highest BCUT2D eigenvalue weighted by molar-refractivity contribution is 7.17. The molecule has 0 amide bonds. The predicted octanol–water partition coefficient (Wildman–Crippen LogP) is 5.86. The van der Waals surface area contributed by atoms with Crippen molar-refractivity contribution in [2.75, 3.05) is 18.0 Å². The second-order valence-electron chi connectivity index (χ2n) is 7.16. The molecule has 1 fully saturated rings. The summed E-state index contributed by atoms with van der Waals surface area (Å²) in [5.41, 5.74) is 5.05. The summed E-state index contributed by atoms with van der Waals surface area (Å²) < 4.78 is 0. The summed E-state index contributed by atoms with van der Waals surface area (Å²) in [5, 5.41) is 3.69. The Kier molecular flexibility index (Phi) is 4.42. The van der Waals surface area contributed by atoms with Crippen molar-refractivity contribution in [1.82, 2.24) is 9.97 Å². The summed E-state index contributed by atoms with van der Waals surface area (Å²) in [4.78, 5) is 12.5. The van der Waals surface area contributed by atoms with Crippen LogP contribution in [0.3, 0.4) is 0 Å². The number of thiophene rings is 1. The number of rotatable bonds is 2. The molecule has 1 aliphatic heterocycles. The van der Waals surface area contributed by atoms with Crippen LogP contribution in [0.2, 0.25) is 5.28 Å². The summed E-state index contributed by atoms with van der Waals surface area (Å²) in [6, 6.07) is 6.62. The van der Waals surface area contributed by atoms with Crippen LogP contribution in [0.1, 0.15) is 30.9 Å². The van der Waals surface area contributed by atoms with E-state index in [-0.39, 0.29) is 0 Å². The maximum absolute atomic E-state index is 6.24. The molecule has 0 radical (unpaired) electrons. The molecule has 1 atom stereocenters. The maximum atomic E-state index is 6.24. The van der Waals surface area contributed by atoms with Crippen LogP contribution in [0.25, 0.3) is 21.3 Å². The lowest BCUT2D eigenvalue weighted by Crippen LogP contribution is -2.35. The normalized spacial score (nSPS) is 18.1. The van der Waals surface area contributed by atoms with Gasteiger partial charge in [0.05, 0.1) is 5.39 Å². The molecule has 130 valence electrons. The number of halogens is 1. The Morgan fingerprint density at radius 2 is 2.04 bits per heavy atom. The molecule has 0 bridgehead atoms. The molecule has 1 unspecified atom stereocenters. The van der Waals surface area contributed by atoms with Crippen molar-refractivity contribution < 1.29 is 0 Å². The molecular weight excluding hydrogens is 350 g/mol. The number of hydrogen-bond acceptors (Lipinski definition) is 4. The van der Waals surface area contributed by atoms with Gasteiger partial charge in [-0.1, -0.05) is 30.7 Å². The Morgan fingerprint density at radius 1 is 1.20 bits per heavy atom. The molecule has 2 aromatic heterocycles. The largest absolute Gasteiger partial charge is 0.356 e. The van der Waals surface area contributed by atoms with Crippen LogP contribution in [0, 0.1) is 19.8 Å². The first-order valence-corrected chi connectivity index (χ1v) is 10.1. The molecule has 1 aliphatic rings. The minimum Gasteiger partial charge on any atom is -0.356 e. The molecule has 0 N–H and O–H groups in total. The third kappa shape index (κ3) is 3.13. The van der Waals surface area contributed by atoms with Gasteiger partial charge in [-0.25, -0.2) is 4.98 Å². The van der Waals surface area contributed by atoms with E-state index in [0.29, 0.717) is 11.2 Å². The molecule has 3 heterocycles. The minimum absolute atomic E-state index is 0.342. The van der Waals surface area contributed by atoms with Crippen LogP contribution in [-0.2, 0) is 0 Å². The van der Waals surface area contributed by atoms with E-state index in [1.165, 1.54) is 35.1 Å². The van der Waals surface area contributed by atoms with E-state index in [4.69, 9.17) is 11.6 Å². The molecule has 5 heteroatoms. The fraction of sp³-hybridized carbons (Fsp3) is 0.400. The Bertz CT molecular complexity index is 934. The Morgan fingerprint density at radius 3 is 2.80 bits per heavy atom. The van der Waals surface area contributed by atoms with Crippen molar-refractivity contribution in [3.63, 3.8) is 0 Å². The molecule has 0 spiro atoms. The lowest BCUT2D eigenvalue weighted by atomic mass is 9.97. The molecule has 0 aliphatic carbocycles. The fourth-order valence-electron chi connectivity index (χ4n) is 3.82. The third-order valence-corrected chi connectivity index (χ3v) is 6.06. The highest BCUT2D eigenvalue weighted by Crippen LogP contribution is 2.41. The number of benzene rings is 1. The summed E-state index contributed by atoms with van der Waals surface area (Å²) >= 11 is 7.90. The quantitative estimate of drug-likeness (QED) is 0.528. The molecule has 3 aromatic rings. The van der Waals surface area contributed by atoms with Gasteiger partial charge in [-0.15, -0.1) is 11.3 Å². The zero-order chi connectivity index (χ0) is 17.6. The van der Waals surface area contributed by atoms with Gasteiger partial charge in [0.2, 0.25) is 5.28 Å². The van der Waals surface area contributed by atoms with E-state index in [0.717, 1.165) is 29.1 Å². The second kappa shape index (κ2) is 6.58. The zero-order valence-corrected chi connectivity index (χ0v) is 16.4. The van der Waals surface area contributed by atoms with Crippen LogP contribution >= 0.6 is 22.9 Å². The molecule has 0 saturated carbocycles. The highest BCUT2D eigenvalue weighted by atomic mass is 35.5. The SMILES string of the molecule is Cc1ccc(-c2csc3nc(Cl)nc(N4CCCC(C)C4)c23)c(C)c1. The predicted molar refractivity (Wildman–Crippen MR) is 108 cm³/mol.